The molecule has 0 amide bonds. The number of benzene rings is 2. The predicted octanol–water partition coefficient (Wildman–Crippen LogP) is 6.23. The van der Waals surface area contributed by atoms with Crippen LogP contribution in [0, 0.1) is 3.57 Å². The lowest BCUT2D eigenvalue weighted by Gasteiger charge is -2.12. The third-order valence-electron chi connectivity index (χ3n) is 2.62. The first-order valence-corrected chi connectivity index (χ1v) is 8.08. The van der Waals surface area contributed by atoms with Crippen LogP contribution in [0.15, 0.2) is 46.9 Å². The van der Waals surface area contributed by atoms with Crippen molar-refractivity contribution in [3.63, 3.8) is 0 Å². The molecule has 0 spiro atoms. The Bertz CT molecular complexity index is 540. The molecule has 0 saturated heterocycles. The van der Waals surface area contributed by atoms with Crippen LogP contribution in [0.1, 0.15) is 16.5 Å². The minimum atomic E-state index is -0.0585. The molecule has 0 aromatic heterocycles. The Morgan fingerprint density at radius 3 is 2.44 bits per heavy atom. The number of hydrogen-bond acceptors (Lipinski definition) is 0. The normalized spacial score (nSPS) is 12.4. The maximum Gasteiger partial charge on any atom is 0.0636 e. The lowest BCUT2D eigenvalue weighted by atomic mass is 10.0. The van der Waals surface area contributed by atoms with Gasteiger partial charge in [0.05, 0.1) is 5.38 Å². The Hall–Kier alpha value is 0.230. The van der Waals surface area contributed by atoms with E-state index in [9.17, 15) is 0 Å². The van der Waals surface area contributed by atoms with Crippen molar-refractivity contribution in [3.8, 4) is 0 Å². The molecule has 0 saturated carbocycles. The van der Waals surface area contributed by atoms with Crippen LogP contribution in [0.4, 0.5) is 0 Å². The van der Waals surface area contributed by atoms with Crippen molar-refractivity contribution >= 4 is 61.7 Å². The summed E-state index contributed by atoms with van der Waals surface area (Å²) in [5.74, 6) is 0. The molecule has 2 rings (SSSR count). The quantitative estimate of drug-likeness (QED) is 0.380. The van der Waals surface area contributed by atoms with Gasteiger partial charge in [0.15, 0.2) is 0 Å². The Kier molecular flexibility index (Phi) is 5.36. The average Bonchev–Trinajstić information content (AvgIpc) is 2.35. The van der Waals surface area contributed by atoms with Gasteiger partial charge in [0, 0.05) is 13.1 Å². The molecule has 2 aromatic rings. The van der Waals surface area contributed by atoms with Crippen LogP contribution >= 0.6 is 61.7 Å². The van der Waals surface area contributed by atoms with Crippen LogP contribution in [-0.2, 0) is 6.42 Å². The van der Waals surface area contributed by atoms with Gasteiger partial charge in [-0.1, -0.05) is 39.7 Å². The lowest BCUT2D eigenvalue weighted by molar-refractivity contribution is 0.914. The molecule has 0 bridgehead atoms. The fourth-order valence-electron chi connectivity index (χ4n) is 1.69. The SMILES string of the molecule is Clc1ccc(I)c(C(Cl)Cc2ccc(Br)cc2)c1. The van der Waals surface area contributed by atoms with Gasteiger partial charge in [-0.25, -0.2) is 0 Å². The predicted molar refractivity (Wildman–Crippen MR) is 90.6 cm³/mol. The van der Waals surface area contributed by atoms with Gasteiger partial charge in [0.2, 0.25) is 0 Å². The van der Waals surface area contributed by atoms with Gasteiger partial charge >= 0.3 is 0 Å². The van der Waals surface area contributed by atoms with Crippen molar-refractivity contribution in [1.29, 1.82) is 0 Å². The van der Waals surface area contributed by atoms with E-state index in [1.165, 1.54) is 5.56 Å². The molecule has 18 heavy (non-hydrogen) atoms. The summed E-state index contributed by atoms with van der Waals surface area (Å²) >= 11 is 18.2. The van der Waals surface area contributed by atoms with E-state index in [2.05, 4.69) is 50.7 Å². The van der Waals surface area contributed by atoms with Gasteiger partial charge in [-0.2, -0.15) is 0 Å². The van der Waals surface area contributed by atoms with Crippen molar-refractivity contribution in [3.05, 3.63) is 66.7 Å². The Morgan fingerprint density at radius 1 is 1.11 bits per heavy atom. The smallest absolute Gasteiger partial charge is 0.0636 e. The first-order chi connectivity index (χ1) is 8.56. The Labute approximate surface area is 139 Å². The molecule has 0 aliphatic heterocycles. The van der Waals surface area contributed by atoms with Gasteiger partial charge in [0.25, 0.3) is 0 Å². The van der Waals surface area contributed by atoms with Crippen LogP contribution in [0.25, 0.3) is 0 Å². The molecular weight excluding hydrogens is 446 g/mol. The largest absolute Gasteiger partial charge is 0.117 e. The highest BCUT2D eigenvalue weighted by Gasteiger charge is 2.12. The molecule has 0 nitrogen and oxygen atoms in total. The topological polar surface area (TPSA) is 0 Å². The fraction of sp³-hybridized carbons (Fsp3) is 0.143. The van der Waals surface area contributed by atoms with Crippen molar-refractivity contribution in [2.75, 3.05) is 0 Å². The van der Waals surface area contributed by atoms with E-state index < -0.39 is 0 Å². The van der Waals surface area contributed by atoms with Crippen molar-refractivity contribution < 1.29 is 0 Å². The van der Waals surface area contributed by atoms with Gasteiger partial charge in [-0.3, -0.25) is 0 Å². The van der Waals surface area contributed by atoms with Crippen molar-refractivity contribution in [2.45, 2.75) is 11.8 Å². The van der Waals surface area contributed by atoms with E-state index >= 15 is 0 Å². The van der Waals surface area contributed by atoms with E-state index in [0.717, 1.165) is 25.0 Å². The molecule has 1 atom stereocenters. The molecule has 1 unspecified atom stereocenters. The maximum atomic E-state index is 6.48. The summed E-state index contributed by atoms with van der Waals surface area (Å²) in [7, 11) is 0. The third kappa shape index (κ3) is 3.86. The van der Waals surface area contributed by atoms with Gasteiger partial charge in [-0.05, 0) is 70.5 Å². The van der Waals surface area contributed by atoms with Crippen LogP contribution < -0.4 is 0 Å². The summed E-state index contributed by atoms with van der Waals surface area (Å²) in [6.45, 7) is 0. The second kappa shape index (κ2) is 6.60. The van der Waals surface area contributed by atoms with E-state index in [1.807, 2.05) is 30.3 Å². The first kappa shape index (κ1) is 14.6. The van der Waals surface area contributed by atoms with Gasteiger partial charge < -0.3 is 0 Å². The van der Waals surface area contributed by atoms with Crippen LogP contribution in [0.3, 0.4) is 0 Å². The summed E-state index contributed by atoms with van der Waals surface area (Å²) in [6.07, 6.45) is 0.797. The summed E-state index contributed by atoms with van der Waals surface area (Å²) in [5, 5.41) is 0.670. The molecule has 0 radical (unpaired) electrons. The second-order valence-electron chi connectivity index (χ2n) is 3.96. The maximum absolute atomic E-state index is 6.48. The molecule has 2 aromatic carbocycles. The number of hydrogen-bond donors (Lipinski definition) is 0. The van der Waals surface area contributed by atoms with Crippen LogP contribution in [0.2, 0.25) is 5.02 Å². The van der Waals surface area contributed by atoms with E-state index in [1.54, 1.807) is 0 Å². The van der Waals surface area contributed by atoms with Crippen LogP contribution in [-0.4, -0.2) is 0 Å². The van der Waals surface area contributed by atoms with E-state index in [4.69, 9.17) is 23.2 Å². The molecule has 4 heteroatoms. The fourth-order valence-corrected chi connectivity index (χ4v) is 3.39. The lowest BCUT2D eigenvalue weighted by Crippen LogP contribution is -1.98. The van der Waals surface area contributed by atoms with E-state index in [-0.39, 0.29) is 5.38 Å². The number of rotatable bonds is 3. The highest BCUT2D eigenvalue weighted by Crippen LogP contribution is 2.31. The molecule has 0 heterocycles. The minimum Gasteiger partial charge on any atom is -0.117 e. The van der Waals surface area contributed by atoms with Crippen LogP contribution in [0.5, 0.6) is 0 Å². The molecule has 0 fully saturated rings. The standard InChI is InChI=1S/C14H10BrCl2I/c15-10-3-1-9(2-4-10)7-13(17)12-8-11(16)5-6-14(12)18/h1-6,8,13H,7H2. The van der Waals surface area contributed by atoms with Crippen molar-refractivity contribution in [1.82, 2.24) is 0 Å². The Balaban J connectivity index is 2.18. The average molecular weight is 456 g/mol. The molecular formula is C14H10BrCl2I. The molecule has 0 aliphatic rings. The summed E-state index contributed by atoms with van der Waals surface area (Å²) < 4.78 is 2.23. The highest BCUT2D eigenvalue weighted by molar-refractivity contribution is 14.1. The van der Waals surface area contributed by atoms with Gasteiger partial charge in [0.1, 0.15) is 0 Å². The monoisotopic (exact) mass is 454 g/mol. The van der Waals surface area contributed by atoms with E-state index in [0.29, 0.717) is 0 Å². The zero-order valence-electron chi connectivity index (χ0n) is 9.34. The van der Waals surface area contributed by atoms with Gasteiger partial charge in [-0.15, -0.1) is 11.6 Å². The molecule has 94 valence electrons. The zero-order chi connectivity index (χ0) is 13.1. The third-order valence-corrected chi connectivity index (χ3v) is 4.76. The minimum absolute atomic E-state index is 0.0585. The van der Waals surface area contributed by atoms with Crippen molar-refractivity contribution in [2.24, 2.45) is 0 Å². The second-order valence-corrected chi connectivity index (χ2v) is 7.01. The summed E-state index contributed by atoms with van der Waals surface area (Å²) in [5.41, 5.74) is 2.31. The number of alkyl halides is 1. The number of halogens is 4. The Morgan fingerprint density at radius 2 is 1.78 bits per heavy atom. The first-order valence-electron chi connectivity index (χ1n) is 5.40. The highest BCUT2D eigenvalue weighted by atomic mass is 127. The zero-order valence-corrected chi connectivity index (χ0v) is 14.6. The summed E-state index contributed by atoms with van der Waals surface area (Å²) in [4.78, 5) is 0. The molecule has 0 aliphatic carbocycles. The summed E-state index contributed by atoms with van der Waals surface area (Å²) in [6, 6.07) is 14.0. The molecule has 0 N–H and O–H groups in total.